The molecule has 86 valence electrons. The lowest BCUT2D eigenvalue weighted by Gasteiger charge is -2.07. The number of unbranched alkanes of at least 4 members (excludes halogenated alkanes) is 1. The standard InChI is InChI=1S/C11H22N4/c1-2-8-15-9-7-14-11(15)10-13-6-4-3-5-12/h7,9,13H,2-6,8,10,12H2,1H3. The molecule has 0 bridgehead atoms. The Morgan fingerprint density at radius 1 is 1.47 bits per heavy atom. The van der Waals surface area contributed by atoms with Crippen LogP contribution in [0.15, 0.2) is 12.4 Å². The number of nitrogens with zero attached hydrogens (tertiary/aromatic N) is 2. The molecule has 1 aromatic rings. The lowest BCUT2D eigenvalue weighted by atomic mass is 10.3. The molecule has 0 radical (unpaired) electrons. The van der Waals surface area contributed by atoms with Crippen molar-refractivity contribution in [3.05, 3.63) is 18.2 Å². The Labute approximate surface area is 91.9 Å². The van der Waals surface area contributed by atoms with Gasteiger partial charge < -0.3 is 15.6 Å². The number of hydrogen-bond donors (Lipinski definition) is 2. The van der Waals surface area contributed by atoms with Crippen LogP contribution in [0.25, 0.3) is 0 Å². The van der Waals surface area contributed by atoms with Crippen molar-refractivity contribution >= 4 is 0 Å². The van der Waals surface area contributed by atoms with Crippen LogP contribution in [0, 0.1) is 0 Å². The number of rotatable bonds is 8. The summed E-state index contributed by atoms with van der Waals surface area (Å²) in [5.41, 5.74) is 5.42. The van der Waals surface area contributed by atoms with Gasteiger partial charge in [0.25, 0.3) is 0 Å². The van der Waals surface area contributed by atoms with Crippen molar-refractivity contribution in [3.8, 4) is 0 Å². The minimum atomic E-state index is 0.784. The first-order chi connectivity index (χ1) is 7.38. The van der Waals surface area contributed by atoms with E-state index in [1.165, 1.54) is 0 Å². The molecule has 4 nitrogen and oxygen atoms in total. The van der Waals surface area contributed by atoms with Gasteiger partial charge >= 0.3 is 0 Å². The molecule has 0 atom stereocenters. The lowest BCUT2D eigenvalue weighted by Crippen LogP contribution is -2.18. The second-order valence-corrected chi connectivity index (χ2v) is 3.71. The van der Waals surface area contributed by atoms with Crippen LogP contribution in [-0.2, 0) is 13.1 Å². The minimum Gasteiger partial charge on any atom is -0.334 e. The van der Waals surface area contributed by atoms with Crippen LogP contribution in [0.1, 0.15) is 32.0 Å². The van der Waals surface area contributed by atoms with Crippen molar-refractivity contribution in [1.29, 1.82) is 0 Å². The van der Waals surface area contributed by atoms with Crippen molar-refractivity contribution in [2.45, 2.75) is 39.3 Å². The number of nitrogens with one attached hydrogen (secondary N) is 1. The van der Waals surface area contributed by atoms with Gasteiger partial charge in [0, 0.05) is 18.9 Å². The van der Waals surface area contributed by atoms with Gasteiger partial charge in [-0.1, -0.05) is 6.92 Å². The highest BCUT2D eigenvalue weighted by Gasteiger charge is 2.00. The first-order valence-corrected chi connectivity index (χ1v) is 5.79. The fraction of sp³-hybridized carbons (Fsp3) is 0.727. The van der Waals surface area contributed by atoms with E-state index in [-0.39, 0.29) is 0 Å². The first-order valence-electron chi connectivity index (χ1n) is 5.79. The van der Waals surface area contributed by atoms with Crippen molar-refractivity contribution in [2.75, 3.05) is 13.1 Å². The van der Waals surface area contributed by atoms with Crippen molar-refractivity contribution in [3.63, 3.8) is 0 Å². The van der Waals surface area contributed by atoms with E-state index < -0.39 is 0 Å². The summed E-state index contributed by atoms with van der Waals surface area (Å²) in [6, 6.07) is 0. The van der Waals surface area contributed by atoms with E-state index in [1.54, 1.807) is 0 Å². The summed E-state index contributed by atoms with van der Waals surface area (Å²) in [5, 5.41) is 3.38. The molecule has 0 amide bonds. The van der Waals surface area contributed by atoms with Gasteiger partial charge in [-0.05, 0) is 32.4 Å². The molecule has 1 aromatic heterocycles. The smallest absolute Gasteiger partial charge is 0.122 e. The molecular weight excluding hydrogens is 188 g/mol. The highest BCUT2D eigenvalue weighted by molar-refractivity contribution is 4.91. The van der Waals surface area contributed by atoms with Gasteiger partial charge in [-0.25, -0.2) is 4.98 Å². The Morgan fingerprint density at radius 2 is 2.33 bits per heavy atom. The van der Waals surface area contributed by atoms with E-state index in [1.807, 2.05) is 12.4 Å². The molecule has 4 heteroatoms. The SMILES string of the molecule is CCCn1ccnc1CNCCCCN. The van der Waals surface area contributed by atoms with Crippen molar-refractivity contribution < 1.29 is 0 Å². The van der Waals surface area contributed by atoms with Crippen LogP contribution < -0.4 is 11.1 Å². The zero-order chi connectivity index (χ0) is 10.9. The van der Waals surface area contributed by atoms with Gasteiger partial charge in [0.2, 0.25) is 0 Å². The number of aromatic nitrogens is 2. The number of aryl methyl sites for hydroxylation is 1. The average Bonchev–Trinajstić information content (AvgIpc) is 2.66. The summed E-state index contributed by atoms with van der Waals surface area (Å²) >= 11 is 0. The average molecular weight is 210 g/mol. The van der Waals surface area contributed by atoms with Crippen LogP contribution in [-0.4, -0.2) is 22.6 Å². The Kier molecular flexibility index (Phi) is 6.04. The zero-order valence-electron chi connectivity index (χ0n) is 9.58. The van der Waals surface area contributed by atoms with E-state index in [9.17, 15) is 0 Å². The molecule has 0 unspecified atom stereocenters. The van der Waals surface area contributed by atoms with Crippen molar-refractivity contribution in [1.82, 2.24) is 14.9 Å². The van der Waals surface area contributed by atoms with Gasteiger partial charge in [-0.15, -0.1) is 0 Å². The maximum atomic E-state index is 5.42. The predicted molar refractivity (Wildman–Crippen MR) is 62.5 cm³/mol. The first kappa shape index (κ1) is 12.2. The van der Waals surface area contributed by atoms with Crippen LogP contribution in [0.5, 0.6) is 0 Å². The summed E-state index contributed by atoms with van der Waals surface area (Å²) in [7, 11) is 0. The Balaban J connectivity index is 2.21. The molecular formula is C11H22N4. The summed E-state index contributed by atoms with van der Waals surface area (Å²) in [6.45, 7) is 5.90. The molecule has 1 rings (SSSR count). The third kappa shape index (κ3) is 4.44. The Bertz CT molecular complexity index is 257. The number of nitrogens with two attached hydrogens (primary N) is 1. The monoisotopic (exact) mass is 210 g/mol. The van der Waals surface area contributed by atoms with Gasteiger partial charge in [0.05, 0.1) is 6.54 Å². The summed E-state index contributed by atoms with van der Waals surface area (Å²) < 4.78 is 2.20. The number of hydrogen-bond acceptors (Lipinski definition) is 3. The Hall–Kier alpha value is -0.870. The fourth-order valence-electron chi connectivity index (χ4n) is 1.55. The molecule has 0 fully saturated rings. The van der Waals surface area contributed by atoms with Gasteiger partial charge in [0.1, 0.15) is 5.82 Å². The van der Waals surface area contributed by atoms with Gasteiger partial charge in [-0.2, -0.15) is 0 Å². The van der Waals surface area contributed by atoms with E-state index in [0.717, 1.165) is 51.3 Å². The second-order valence-electron chi connectivity index (χ2n) is 3.71. The Morgan fingerprint density at radius 3 is 3.07 bits per heavy atom. The van der Waals surface area contributed by atoms with E-state index in [2.05, 4.69) is 21.8 Å². The van der Waals surface area contributed by atoms with Crippen LogP contribution >= 0.6 is 0 Å². The summed E-state index contributed by atoms with van der Waals surface area (Å²) in [6.07, 6.45) is 7.30. The summed E-state index contributed by atoms with van der Waals surface area (Å²) in [4.78, 5) is 4.33. The molecule has 0 saturated carbocycles. The molecule has 0 aliphatic carbocycles. The molecule has 0 spiro atoms. The molecule has 0 saturated heterocycles. The van der Waals surface area contributed by atoms with Gasteiger partial charge in [0.15, 0.2) is 0 Å². The van der Waals surface area contributed by atoms with Crippen LogP contribution in [0.2, 0.25) is 0 Å². The third-order valence-corrected chi connectivity index (χ3v) is 2.36. The van der Waals surface area contributed by atoms with E-state index >= 15 is 0 Å². The maximum Gasteiger partial charge on any atom is 0.122 e. The topological polar surface area (TPSA) is 55.9 Å². The van der Waals surface area contributed by atoms with Crippen LogP contribution in [0.3, 0.4) is 0 Å². The third-order valence-electron chi connectivity index (χ3n) is 2.36. The highest BCUT2D eigenvalue weighted by Crippen LogP contribution is 1.98. The summed E-state index contributed by atoms with van der Waals surface area (Å²) in [5.74, 6) is 1.13. The van der Waals surface area contributed by atoms with E-state index in [4.69, 9.17) is 5.73 Å². The molecule has 0 aliphatic heterocycles. The predicted octanol–water partition coefficient (Wildman–Crippen LogP) is 1.12. The molecule has 3 N–H and O–H groups in total. The van der Waals surface area contributed by atoms with Crippen LogP contribution in [0.4, 0.5) is 0 Å². The molecule has 15 heavy (non-hydrogen) atoms. The molecule has 0 aliphatic rings. The minimum absolute atomic E-state index is 0.784. The molecule has 1 heterocycles. The molecule has 0 aromatic carbocycles. The second kappa shape index (κ2) is 7.43. The number of imidazole rings is 1. The highest BCUT2D eigenvalue weighted by atomic mass is 15.1. The quantitative estimate of drug-likeness (QED) is 0.632. The van der Waals surface area contributed by atoms with E-state index in [0.29, 0.717) is 0 Å². The lowest BCUT2D eigenvalue weighted by molar-refractivity contribution is 0.571. The normalized spacial score (nSPS) is 10.8. The van der Waals surface area contributed by atoms with Gasteiger partial charge in [-0.3, -0.25) is 0 Å². The zero-order valence-corrected chi connectivity index (χ0v) is 9.58. The largest absolute Gasteiger partial charge is 0.334 e. The van der Waals surface area contributed by atoms with Crippen molar-refractivity contribution in [2.24, 2.45) is 5.73 Å². The maximum absolute atomic E-state index is 5.42. The fourth-order valence-corrected chi connectivity index (χ4v) is 1.55.